The number of carbonyl (C=O) groups is 1. The van der Waals surface area contributed by atoms with Crippen LogP contribution in [0.3, 0.4) is 0 Å². The van der Waals surface area contributed by atoms with Crippen LogP contribution in [0.25, 0.3) is 0 Å². The Morgan fingerprint density at radius 1 is 1.30 bits per heavy atom. The van der Waals surface area contributed by atoms with Gasteiger partial charge in [-0.25, -0.2) is 4.98 Å². The van der Waals surface area contributed by atoms with Crippen LogP contribution in [0.1, 0.15) is 22.8 Å². The predicted octanol–water partition coefficient (Wildman–Crippen LogP) is 2.71. The molecule has 1 unspecified atom stereocenters. The van der Waals surface area contributed by atoms with E-state index in [1.54, 1.807) is 19.3 Å². The minimum Gasteiger partial charge on any atom is -0.372 e. The summed E-state index contributed by atoms with van der Waals surface area (Å²) in [6.07, 6.45) is 2.58. The topological polar surface area (TPSA) is 45.2 Å². The van der Waals surface area contributed by atoms with Crippen molar-refractivity contribution >= 4 is 17.4 Å². The van der Waals surface area contributed by atoms with Gasteiger partial charge in [0.05, 0.1) is 5.56 Å². The Hall–Kier alpha value is -2.36. The van der Waals surface area contributed by atoms with Crippen molar-refractivity contribution < 1.29 is 4.79 Å². The highest BCUT2D eigenvalue weighted by Crippen LogP contribution is 2.33. The Bertz CT molecular complexity index is 654. The van der Waals surface area contributed by atoms with Crippen molar-refractivity contribution in [1.82, 2.24) is 4.98 Å². The third-order valence-electron chi connectivity index (χ3n) is 3.70. The van der Waals surface area contributed by atoms with Crippen molar-refractivity contribution in [2.24, 2.45) is 0 Å². The molecule has 4 heteroatoms. The quantitative estimate of drug-likeness (QED) is 0.910. The predicted molar refractivity (Wildman–Crippen MR) is 80.2 cm³/mol. The third-order valence-corrected chi connectivity index (χ3v) is 3.70. The van der Waals surface area contributed by atoms with Crippen molar-refractivity contribution in [3.05, 3.63) is 53.7 Å². The number of hydrogen-bond donors (Lipinski definition) is 1. The molecular formula is C16H17N3O. The van der Waals surface area contributed by atoms with Gasteiger partial charge in [-0.05, 0) is 37.1 Å². The number of pyridine rings is 1. The lowest BCUT2D eigenvalue weighted by molar-refractivity contribution is 0.0982. The van der Waals surface area contributed by atoms with Crippen LogP contribution in [0.5, 0.6) is 0 Å². The summed E-state index contributed by atoms with van der Waals surface area (Å²) in [6, 6.07) is 11.9. The molecule has 1 amide bonds. The molecule has 1 aliphatic rings. The van der Waals surface area contributed by atoms with E-state index in [1.807, 2.05) is 29.2 Å². The van der Waals surface area contributed by atoms with Gasteiger partial charge in [-0.1, -0.05) is 18.2 Å². The lowest BCUT2D eigenvalue weighted by Gasteiger charge is -2.23. The number of nitrogens with zero attached hydrogens (tertiary/aromatic N) is 2. The van der Waals surface area contributed by atoms with Crippen molar-refractivity contribution in [2.45, 2.75) is 19.4 Å². The maximum absolute atomic E-state index is 12.8. The van der Waals surface area contributed by atoms with Crippen LogP contribution < -0.4 is 10.2 Å². The van der Waals surface area contributed by atoms with Crippen LogP contribution in [-0.4, -0.2) is 24.0 Å². The van der Waals surface area contributed by atoms with E-state index in [9.17, 15) is 4.79 Å². The molecule has 2 aromatic rings. The van der Waals surface area contributed by atoms with Crippen LogP contribution in [-0.2, 0) is 6.42 Å². The van der Waals surface area contributed by atoms with Gasteiger partial charge in [-0.15, -0.1) is 0 Å². The van der Waals surface area contributed by atoms with Gasteiger partial charge in [-0.3, -0.25) is 4.79 Å². The molecule has 1 aliphatic heterocycles. The fourth-order valence-electron chi connectivity index (χ4n) is 2.78. The number of benzene rings is 1. The first-order chi connectivity index (χ1) is 9.72. The molecule has 0 spiro atoms. The molecule has 2 heterocycles. The van der Waals surface area contributed by atoms with Gasteiger partial charge in [0, 0.05) is 25.0 Å². The zero-order valence-electron chi connectivity index (χ0n) is 11.6. The van der Waals surface area contributed by atoms with E-state index in [0.717, 1.165) is 12.1 Å². The monoisotopic (exact) mass is 267 g/mol. The fraction of sp³-hybridized carbons (Fsp3) is 0.250. The number of carbonyl (C=O) groups excluding carboxylic acids is 1. The van der Waals surface area contributed by atoms with Crippen LogP contribution in [0, 0.1) is 0 Å². The van der Waals surface area contributed by atoms with E-state index in [-0.39, 0.29) is 11.9 Å². The first kappa shape index (κ1) is 12.7. The second kappa shape index (κ2) is 4.96. The average Bonchev–Trinajstić information content (AvgIpc) is 2.82. The normalized spacial score (nSPS) is 16.9. The van der Waals surface area contributed by atoms with E-state index in [0.29, 0.717) is 11.4 Å². The first-order valence-corrected chi connectivity index (χ1v) is 6.76. The van der Waals surface area contributed by atoms with Gasteiger partial charge >= 0.3 is 0 Å². The SMILES string of the molecule is CNc1ncccc1C(=O)N1c2ccccc2CC1C. The number of aromatic nitrogens is 1. The van der Waals surface area contributed by atoms with Crippen molar-refractivity contribution in [3.63, 3.8) is 0 Å². The Kier molecular flexibility index (Phi) is 3.14. The molecule has 1 aromatic carbocycles. The van der Waals surface area contributed by atoms with Gasteiger partial charge in [0.15, 0.2) is 0 Å². The number of rotatable bonds is 2. The van der Waals surface area contributed by atoms with Crippen LogP contribution in [0.2, 0.25) is 0 Å². The Balaban J connectivity index is 2.03. The maximum atomic E-state index is 12.8. The summed E-state index contributed by atoms with van der Waals surface area (Å²) in [5.74, 6) is 0.619. The summed E-state index contributed by atoms with van der Waals surface area (Å²) in [5.41, 5.74) is 2.85. The molecule has 20 heavy (non-hydrogen) atoms. The lowest BCUT2D eigenvalue weighted by Crippen LogP contribution is -2.36. The molecule has 0 aliphatic carbocycles. The van der Waals surface area contributed by atoms with Crippen LogP contribution in [0.4, 0.5) is 11.5 Å². The van der Waals surface area contributed by atoms with Gasteiger partial charge in [-0.2, -0.15) is 0 Å². The summed E-state index contributed by atoms with van der Waals surface area (Å²) in [6.45, 7) is 2.08. The van der Waals surface area contributed by atoms with Crippen molar-refractivity contribution in [1.29, 1.82) is 0 Å². The average molecular weight is 267 g/mol. The standard InChI is InChI=1S/C16H17N3O/c1-11-10-12-6-3-4-8-14(12)19(11)16(20)13-7-5-9-18-15(13)17-2/h3-9,11H,10H2,1-2H3,(H,17,18). The molecule has 0 fully saturated rings. The molecule has 1 atom stereocenters. The Morgan fingerprint density at radius 3 is 2.90 bits per heavy atom. The number of fused-ring (bicyclic) bond motifs is 1. The highest BCUT2D eigenvalue weighted by molar-refractivity contribution is 6.10. The largest absolute Gasteiger partial charge is 0.372 e. The van der Waals surface area contributed by atoms with E-state index >= 15 is 0 Å². The number of anilines is 2. The molecule has 102 valence electrons. The summed E-state index contributed by atoms with van der Waals surface area (Å²) in [4.78, 5) is 18.9. The zero-order valence-corrected chi connectivity index (χ0v) is 11.6. The smallest absolute Gasteiger partial charge is 0.262 e. The second-order valence-corrected chi connectivity index (χ2v) is 5.01. The molecule has 1 aromatic heterocycles. The highest BCUT2D eigenvalue weighted by Gasteiger charge is 2.32. The molecule has 0 saturated carbocycles. The van der Waals surface area contributed by atoms with E-state index < -0.39 is 0 Å². The maximum Gasteiger partial charge on any atom is 0.262 e. The van der Waals surface area contributed by atoms with Crippen molar-refractivity contribution in [3.8, 4) is 0 Å². The molecular weight excluding hydrogens is 250 g/mol. The fourth-order valence-corrected chi connectivity index (χ4v) is 2.78. The van der Waals surface area contributed by atoms with Gasteiger partial charge in [0.25, 0.3) is 5.91 Å². The summed E-state index contributed by atoms with van der Waals surface area (Å²) >= 11 is 0. The minimum absolute atomic E-state index is 0.0000926. The molecule has 0 bridgehead atoms. The summed E-state index contributed by atoms with van der Waals surface area (Å²) in [5, 5.41) is 2.98. The number of hydrogen-bond acceptors (Lipinski definition) is 3. The molecule has 4 nitrogen and oxygen atoms in total. The van der Waals surface area contributed by atoms with Gasteiger partial charge < -0.3 is 10.2 Å². The molecule has 0 radical (unpaired) electrons. The van der Waals surface area contributed by atoms with E-state index in [4.69, 9.17) is 0 Å². The second-order valence-electron chi connectivity index (χ2n) is 5.01. The third kappa shape index (κ3) is 1.93. The lowest BCUT2D eigenvalue weighted by atomic mass is 10.1. The van der Waals surface area contributed by atoms with Gasteiger partial charge in [0.1, 0.15) is 5.82 Å². The molecule has 0 saturated heterocycles. The van der Waals surface area contributed by atoms with E-state index in [2.05, 4.69) is 23.3 Å². The summed E-state index contributed by atoms with van der Waals surface area (Å²) in [7, 11) is 1.78. The first-order valence-electron chi connectivity index (χ1n) is 6.76. The number of nitrogens with one attached hydrogen (secondary N) is 1. The van der Waals surface area contributed by atoms with E-state index in [1.165, 1.54) is 5.56 Å². The minimum atomic E-state index is -0.0000926. The zero-order chi connectivity index (χ0) is 14.1. The molecule has 1 N–H and O–H groups in total. The summed E-state index contributed by atoms with van der Waals surface area (Å²) < 4.78 is 0. The highest BCUT2D eigenvalue weighted by atomic mass is 16.2. The Labute approximate surface area is 118 Å². The molecule has 3 rings (SSSR count). The number of amides is 1. The van der Waals surface area contributed by atoms with Crippen molar-refractivity contribution in [2.75, 3.05) is 17.3 Å². The van der Waals surface area contributed by atoms with Crippen LogP contribution >= 0.6 is 0 Å². The van der Waals surface area contributed by atoms with Crippen LogP contribution in [0.15, 0.2) is 42.6 Å². The Morgan fingerprint density at radius 2 is 2.10 bits per heavy atom. The number of para-hydroxylation sites is 1. The van der Waals surface area contributed by atoms with Gasteiger partial charge in [0.2, 0.25) is 0 Å².